The third kappa shape index (κ3) is 4.95. The molecule has 3 aromatic rings. The summed E-state index contributed by atoms with van der Waals surface area (Å²) in [5.41, 5.74) is 5.56. The molecule has 6 nitrogen and oxygen atoms in total. The van der Waals surface area contributed by atoms with Crippen LogP contribution in [-0.2, 0) is 13.1 Å². The number of imidazole rings is 1. The van der Waals surface area contributed by atoms with Gasteiger partial charge in [0.25, 0.3) is 0 Å². The van der Waals surface area contributed by atoms with Gasteiger partial charge in [0.1, 0.15) is 0 Å². The number of hydrogen-bond donors (Lipinski definition) is 2. The molecule has 2 heterocycles. The largest absolute Gasteiger partial charge is 0.362 e. The molecule has 3 rings (SSSR count). The van der Waals surface area contributed by atoms with Gasteiger partial charge in [-0.1, -0.05) is 24.3 Å². The highest BCUT2D eigenvalue weighted by atomic mass is 32.1. The molecule has 0 unspecified atom stereocenters. The topological polar surface area (TPSA) is 59.7 Å². The Morgan fingerprint density at radius 1 is 1.19 bits per heavy atom. The molecule has 2 aromatic heterocycles. The summed E-state index contributed by atoms with van der Waals surface area (Å²) in [7, 11) is 0. The van der Waals surface area contributed by atoms with Crippen LogP contribution in [0.5, 0.6) is 0 Å². The highest BCUT2D eigenvalue weighted by Gasteiger charge is 2.13. The first-order valence-corrected chi connectivity index (χ1v) is 9.54. The van der Waals surface area contributed by atoms with Crippen molar-refractivity contribution < 1.29 is 0 Å². The van der Waals surface area contributed by atoms with Gasteiger partial charge in [0, 0.05) is 25.5 Å². The van der Waals surface area contributed by atoms with Gasteiger partial charge in [-0.05, 0) is 50.5 Å². The Kier molecular flexibility index (Phi) is 6.24. The van der Waals surface area contributed by atoms with Crippen molar-refractivity contribution >= 4 is 23.0 Å². The summed E-state index contributed by atoms with van der Waals surface area (Å²) in [4.78, 5) is 4.04. The number of aryl methyl sites for hydroxylation is 3. The van der Waals surface area contributed by atoms with E-state index in [1.165, 1.54) is 11.1 Å². The van der Waals surface area contributed by atoms with Crippen molar-refractivity contribution in [1.29, 1.82) is 0 Å². The van der Waals surface area contributed by atoms with Crippen molar-refractivity contribution in [3.05, 3.63) is 65.5 Å². The van der Waals surface area contributed by atoms with Gasteiger partial charge in [-0.25, -0.2) is 4.98 Å². The molecule has 0 saturated carbocycles. The lowest BCUT2D eigenvalue weighted by Gasteiger charge is -2.12. The van der Waals surface area contributed by atoms with E-state index in [2.05, 4.69) is 63.4 Å². The molecule has 1 aromatic carbocycles. The first kappa shape index (κ1) is 19.1. The highest BCUT2D eigenvalue weighted by molar-refractivity contribution is 7.80. The second-order valence-electron chi connectivity index (χ2n) is 6.66. The van der Waals surface area contributed by atoms with Crippen LogP contribution in [-0.4, -0.2) is 31.0 Å². The third-order valence-electron chi connectivity index (χ3n) is 4.64. The molecule has 0 atom stereocenters. The van der Waals surface area contributed by atoms with Gasteiger partial charge in [0.2, 0.25) is 0 Å². The Bertz CT molecular complexity index is 897. The van der Waals surface area contributed by atoms with Crippen LogP contribution >= 0.6 is 12.2 Å². The molecule has 0 aliphatic carbocycles. The van der Waals surface area contributed by atoms with Crippen molar-refractivity contribution in [3.8, 4) is 0 Å². The minimum Gasteiger partial charge on any atom is -0.362 e. The average Bonchev–Trinajstić information content (AvgIpc) is 3.25. The van der Waals surface area contributed by atoms with Gasteiger partial charge in [-0.2, -0.15) is 5.10 Å². The lowest BCUT2D eigenvalue weighted by molar-refractivity contribution is 0.632. The van der Waals surface area contributed by atoms with Crippen molar-refractivity contribution in [1.82, 2.24) is 24.6 Å². The van der Waals surface area contributed by atoms with E-state index in [0.717, 1.165) is 43.1 Å². The second kappa shape index (κ2) is 8.81. The molecule has 0 fully saturated rings. The standard InChI is InChI=1S/C20H26N6S/c1-15-7-4-5-8-18(15)13-26-17(3)19(16(2)24-26)23-20(27)22-9-6-11-25-12-10-21-14-25/h4-5,7-8,10,12,14H,6,9,11,13H2,1-3H3,(H2,22,23,27). The fourth-order valence-corrected chi connectivity index (χ4v) is 3.23. The van der Waals surface area contributed by atoms with Crippen LogP contribution in [0.1, 0.15) is 28.9 Å². The van der Waals surface area contributed by atoms with Gasteiger partial charge in [-0.3, -0.25) is 4.68 Å². The number of hydrogen-bond acceptors (Lipinski definition) is 3. The van der Waals surface area contributed by atoms with E-state index in [0.29, 0.717) is 5.11 Å². The van der Waals surface area contributed by atoms with E-state index in [1.807, 2.05) is 24.1 Å². The molecule has 0 spiro atoms. The number of nitrogens with zero attached hydrogens (tertiary/aromatic N) is 4. The van der Waals surface area contributed by atoms with Crippen LogP contribution < -0.4 is 10.6 Å². The zero-order valence-electron chi connectivity index (χ0n) is 16.1. The summed E-state index contributed by atoms with van der Waals surface area (Å²) in [5, 5.41) is 11.9. The van der Waals surface area contributed by atoms with E-state index >= 15 is 0 Å². The molecular weight excluding hydrogens is 356 g/mol. The smallest absolute Gasteiger partial charge is 0.170 e. The van der Waals surface area contributed by atoms with Gasteiger partial charge in [0.15, 0.2) is 5.11 Å². The number of thiocarbonyl (C=S) groups is 1. The number of anilines is 1. The van der Waals surface area contributed by atoms with Gasteiger partial charge in [0.05, 0.1) is 29.9 Å². The molecule has 0 bridgehead atoms. The van der Waals surface area contributed by atoms with Crippen LogP contribution in [0.15, 0.2) is 43.0 Å². The summed E-state index contributed by atoms with van der Waals surface area (Å²) in [6.07, 6.45) is 6.56. The van der Waals surface area contributed by atoms with Crippen molar-refractivity contribution in [2.75, 3.05) is 11.9 Å². The lowest BCUT2D eigenvalue weighted by atomic mass is 10.1. The van der Waals surface area contributed by atoms with Crippen molar-refractivity contribution in [3.63, 3.8) is 0 Å². The van der Waals surface area contributed by atoms with Crippen molar-refractivity contribution in [2.45, 2.75) is 40.3 Å². The SMILES string of the molecule is Cc1ccccc1Cn1nc(C)c(NC(=S)NCCCn2ccnc2)c1C. The fraction of sp³-hybridized carbons (Fsp3) is 0.350. The van der Waals surface area contributed by atoms with Crippen LogP contribution in [0, 0.1) is 20.8 Å². The maximum Gasteiger partial charge on any atom is 0.170 e. The number of rotatable bonds is 7. The fourth-order valence-electron chi connectivity index (χ4n) is 3.02. The molecule has 7 heteroatoms. The molecule has 0 amide bonds. The predicted molar refractivity (Wildman–Crippen MR) is 113 cm³/mol. The molecule has 142 valence electrons. The maximum atomic E-state index is 5.45. The minimum atomic E-state index is 0.627. The van der Waals surface area contributed by atoms with Crippen LogP contribution in [0.3, 0.4) is 0 Å². The molecule has 0 aliphatic rings. The maximum absolute atomic E-state index is 5.45. The molecule has 0 saturated heterocycles. The predicted octanol–water partition coefficient (Wildman–Crippen LogP) is 3.43. The second-order valence-corrected chi connectivity index (χ2v) is 7.07. The normalized spacial score (nSPS) is 10.8. The van der Waals surface area contributed by atoms with E-state index in [4.69, 9.17) is 12.2 Å². The Labute approximate surface area is 165 Å². The highest BCUT2D eigenvalue weighted by Crippen LogP contribution is 2.21. The Morgan fingerprint density at radius 3 is 2.74 bits per heavy atom. The monoisotopic (exact) mass is 382 g/mol. The Morgan fingerprint density at radius 2 is 2.00 bits per heavy atom. The first-order valence-electron chi connectivity index (χ1n) is 9.13. The third-order valence-corrected chi connectivity index (χ3v) is 4.89. The number of benzene rings is 1. The summed E-state index contributed by atoms with van der Waals surface area (Å²) < 4.78 is 4.09. The molecule has 27 heavy (non-hydrogen) atoms. The summed E-state index contributed by atoms with van der Waals surface area (Å²) in [6.45, 7) is 8.68. The summed E-state index contributed by atoms with van der Waals surface area (Å²) in [6, 6.07) is 8.40. The van der Waals surface area contributed by atoms with Crippen LogP contribution in [0.4, 0.5) is 5.69 Å². The minimum absolute atomic E-state index is 0.627. The van der Waals surface area contributed by atoms with E-state index in [1.54, 1.807) is 6.20 Å². The summed E-state index contributed by atoms with van der Waals surface area (Å²) >= 11 is 5.45. The number of nitrogens with one attached hydrogen (secondary N) is 2. The molecule has 0 aliphatic heterocycles. The van der Waals surface area contributed by atoms with Crippen LogP contribution in [0.25, 0.3) is 0 Å². The number of aromatic nitrogens is 4. The average molecular weight is 383 g/mol. The molecule has 0 radical (unpaired) electrons. The summed E-state index contributed by atoms with van der Waals surface area (Å²) in [5.74, 6) is 0. The van der Waals surface area contributed by atoms with Gasteiger partial charge < -0.3 is 15.2 Å². The Balaban J connectivity index is 1.56. The zero-order valence-corrected chi connectivity index (χ0v) is 16.9. The lowest BCUT2D eigenvalue weighted by Crippen LogP contribution is -2.30. The van der Waals surface area contributed by atoms with Crippen LogP contribution in [0.2, 0.25) is 0 Å². The van der Waals surface area contributed by atoms with E-state index in [9.17, 15) is 0 Å². The molecule has 2 N–H and O–H groups in total. The quantitative estimate of drug-likeness (QED) is 0.484. The Hall–Kier alpha value is -2.67. The van der Waals surface area contributed by atoms with Gasteiger partial charge >= 0.3 is 0 Å². The zero-order chi connectivity index (χ0) is 19.2. The van der Waals surface area contributed by atoms with Crippen molar-refractivity contribution in [2.24, 2.45) is 0 Å². The van der Waals surface area contributed by atoms with Gasteiger partial charge in [-0.15, -0.1) is 0 Å². The van der Waals surface area contributed by atoms with E-state index < -0.39 is 0 Å². The first-order chi connectivity index (χ1) is 13.0. The molecular formula is C20H26N6S. The van der Waals surface area contributed by atoms with E-state index in [-0.39, 0.29) is 0 Å².